The van der Waals surface area contributed by atoms with E-state index in [4.69, 9.17) is 14.2 Å². The largest absolute Gasteiger partial charge is 0.496 e. The summed E-state index contributed by atoms with van der Waals surface area (Å²) in [6, 6.07) is 13.1. The molecule has 176 valence electrons. The summed E-state index contributed by atoms with van der Waals surface area (Å²) in [6.45, 7) is 6.32. The zero-order valence-electron chi connectivity index (χ0n) is 19.9. The molecule has 35 heavy (non-hydrogen) atoms. The standard InChI is InChI=1S/C27H24N4O4/c1-15-6-5-7-20(29-15)13-31-14-22(18-8-9-21(27(32)33)24(11-18)34-4)26-23(31)10-19(12-28-26)25-16(2)30-35-17(25)3/h5-12,14H,13H2,1-4H3,(H,32,33). The van der Waals surface area contributed by atoms with Gasteiger partial charge in [0, 0.05) is 34.8 Å². The van der Waals surface area contributed by atoms with Gasteiger partial charge in [0.15, 0.2) is 0 Å². The second kappa shape index (κ2) is 8.72. The molecular formula is C27H24N4O4. The van der Waals surface area contributed by atoms with Gasteiger partial charge in [-0.05, 0) is 56.7 Å². The highest BCUT2D eigenvalue weighted by Gasteiger charge is 2.19. The molecule has 4 aromatic heterocycles. The Bertz CT molecular complexity index is 1560. The normalized spacial score (nSPS) is 11.2. The lowest BCUT2D eigenvalue weighted by atomic mass is 10.0. The Morgan fingerprint density at radius 2 is 1.94 bits per heavy atom. The molecule has 0 atom stereocenters. The van der Waals surface area contributed by atoms with Gasteiger partial charge < -0.3 is 18.9 Å². The van der Waals surface area contributed by atoms with Gasteiger partial charge in [0.2, 0.25) is 0 Å². The van der Waals surface area contributed by atoms with E-state index >= 15 is 0 Å². The van der Waals surface area contributed by atoms with Crippen LogP contribution < -0.4 is 4.74 Å². The van der Waals surface area contributed by atoms with Crippen LogP contribution in [0.4, 0.5) is 0 Å². The summed E-state index contributed by atoms with van der Waals surface area (Å²) in [7, 11) is 1.46. The predicted molar refractivity (Wildman–Crippen MR) is 132 cm³/mol. The first-order chi connectivity index (χ1) is 16.9. The Labute approximate surface area is 201 Å². The van der Waals surface area contributed by atoms with E-state index in [0.717, 1.165) is 56.1 Å². The third-order valence-corrected chi connectivity index (χ3v) is 6.06. The maximum atomic E-state index is 11.6. The van der Waals surface area contributed by atoms with E-state index in [0.29, 0.717) is 12.3 Å². The van der Waals surface area contributed by atoms with Gasteiger partial charge in [-0.25, -0.2) is 4.79 Å². The number of aromatic nitrogens is 4. The SMILES string of the molecule is COc1cc(-c2cn(Cc3cccc(C)n3)c3cc(-c4c(C)noc4C)cnc23)ccc1C(=O)O. The van der Waals surface area contributed by atoms with Crippen molar-refractivity contribution in [3.8, 4) is 28.0 Å². The first-order valence-corrected chi connectivity index (χ1v) is 11.1. The van der Waals surface area contributed by atoms with Crippen LogP contribution in [-0.2, 0) is 6.54 Å². The summed E-state index contributed by atoms with van der Waals surface area (Å²) >= 11 is 0. The molecule has 0 spiro atoms. The van der Waals surface area contributed by atoms with Crippen LogP contribution >= 0.6 is 0 Å². The van der Waals surface area contributed by atoms with E-state index in [1.54, 1.807) is 18.2 Å². The number of nitrogens with zero attached hydrogens (tertiary/aromatic N) is 4. The van der Waals surface area contributed by atoms with Crippen molar-refractivity contribution in [3.05, 3.63) is 83.3 Å². The second-order valence-electron chi connectivity index (χ2n) is 8.45. The van der Waals surface area contributed by atoms with Crippen LogP contribution in [0.2, 0.25) is 0 Å². The molecule has 0 aliphatic rings. The van der Waals surface area contributed by atoms with Crippen LogP contribution in [0.5, 0.6) is 5.75 Å². The van der Waals surface area contributed by atoms with Crippen molar-refractivity contribution >= 4 is 17.0 Å². The lowest BCUT2D eigenvalue weighted by Gasteiger charge is -2.07. The minimum absolute atomic E-state index is 0.109. The second-order valence-corrected chi connectivity index (χ2v) is 8.45. The first kappa shape index (κ1) is 22.3. The molecule has 5 aromatic rings. The Balaban J connectivity index is 1.71. The number of carbonyl (C=O) groups is 1. The number of rotatable bonds is 6. The molecule has 0 amide bonds. The van der Waals surface area contributed by atoms with E-state index in [9.17, 15) is 9.90 Å². The molecule has 4 heterocycles. The highest BCUT2D eigenvalue weighted by molar-refractivity contribution is 5.97. The van der Waals surface area contributed by atoms with Gasteiger partial charge in [0.25, 0.3) is 0 Å². The van der Waals surface area contributed by atoms with Crippen LogP contribution in [-0.4, -0.2) is 37.9 Å². The van der Waals surface area contributed by atoms with Gasteiger partial charge in [-0.1, -0.05) is 17.3 Å². The quantitative estimate of drug-likeness (QED) is 0.354. The molecule has 8 nitrogen and oxygen atoms in total. The molecule has 0 aliphatic heterocycles. The van der Waals surface area contributed by atoms with E-state index in [1.807, 2.05) is 51.4 Å². The van der Waals surface area contributed by atoms with Gasteiger partial charge in [-0.2, -0.15) is 0 Å². The fraction of sp³-hybridized carbons (Fsp3) is 0.185. The molecule has 1 N–H and O–H groups in total. The topological polar surface area (TPSA) is 103 Å². The number of fused-ring (bicyclic) bond motifs is 1. The maximum absolute atomic E-state index is 11.6. The number of aromatic carboxylic acids is 1. The molecule has 0 bridgehead atoms. The van der Waals surface area contributed by atoms with Gasteiger partial charge >= 0.3 is 5.97 Å². The van der Waals surface area contributed by atoms with Crippen molar-refractivity contribution in [1.82, 2.24) is 19.7 Å². The molecule has 5 rings (SSSR count). The number of pyridine rings is 2. The van der Waals surface area contributed by atoms with Crippen LogP contribution in [0.3, 0.4) is 0 Å². The summed E-state index contributed by atoms with van der Waals surface area (Å²) in [5, 5.41) is 13.6. The average molecular weight is 469 g/mol. The molecule has 0 unspecified atom stereocenters. The predicted octanol–water partition coefficient (Wildman–Crippen LogP) is 5.43. The molecule has 0 aliphatic carbocycles. The molecule has 0 radical (unpaired) electrons. The Morgan fingerprint density at radius 1 is 1.11 bits per heavy atom. The van der Waals surface area contributed by atoms with E-state index < -0.39 is 5.97 Å². The third-order valence-electron chi connectivity index (χ3n) is 6.06. The summed E-state index contributed by atoms with van der Waals surface area (Å²) in [4.78, 5) is 21.0. The van der Waals surface area contributed by atoms with Crippen molar-refractivity contribution in [2.45, 2.75) is 27.3 Å². The maximum Gasteiger partial charge on any atom is 0.339 e. The highest BCUT2D eigenvalue weighted by Crippen LogP contribution is 2.36. The zero-order chi connectivity index (χ0) is 24.7. The molecule has 0 saturated heterocycles. The number of hydrogen-bond acceptors (Lipinski definition) is 6. The number of ether oxygens (including phenoxy) is 1. The fourth-order valence-electron chi connectivity index (χ4n) is 4.44. The Kier molecular flexibility index (Phi) is 5.56. The van der Waals surface area contributed by atoms with Gasteiger partial charge in [0.05, 0.1) is 36.1 Å². The smallest absolute Gasteiger partial charge is 0.339 e. The lowest BCUT2D eigenvalue weighted by molar-refractivity contribution is 0.0693. The van der Waals surface area contributed by atoms with Crippen molar-refractivity contribution in [1.29, 1.82) is 0 Å². The summed E-state index contributed by atoms with van der Waals surface area (Å²) < 4.78 is 12.8. The number of hydrogen-bond donors (Lipinski definition) is 1. The first-order valence-electron chi connectivity index (χ1n) is 11.1. The van der Waals surface area contributed by atoms with Crippen molar-refractivity contribution in [3.63, 3.8) is 0 Å². The Morgan fingerprint density at radius 3 is 2.63 bits per heavy atom. The van der Waals surface area contributed by atoms with Crippen molar-refractivity contribution in [2.24, 2.45) is 0 Å². The van der Waals surface area contributed by atoms with Crippen LogP contribution in [0.25, 0.3) is 33.3 Å². The zero-order valence-corrected chi connectivity index (χ0v) is 19.9. The third kappa shape index (κ3) is 4.03. The summed E-state index contributed by atoms with van der Waals surface area (Å²) in [5.74, 6) is -0.0107. The minimum atomic E-state index is -1.04. The van der Waals surface area contributed by atoms with E-state index in [-0.39, 0.29) is 5.56 Å². The molecular weight excluding hydrogens is 444 g/mol. The number of methoxy groups -OCH3 is 1. The van der Waals surface area contributed by atoms with Crippen molar-refractivity contribution in [2.75, 3.05) is 7.11 Å². The monoisotopic (exact) mass is 468 g/mol. The van der Waals surface area contributed by atoms with Crippen LogP contribution in [0.15, 0.2) is 59.4 Å². The Hall–Kier alpha value is -4.46. The summed E-state index contributed by atoms with van der Waals surface area (Å²) in [5.41, 5.74) is 8.01. The fourth-order valence-corrected chi connectivity index (χ4v) is 4.44. The molecule has 1 aromatic carbocycles. The van der Waals surface area contributed by atoms with Gasteiger partial charge in [0.1, 0.15) is 17.1 Å². The highest BCUT2D eigenvalue weighted by atomic mass is 16.5. The van der Waals surface area contributed by atoms with Crippen LogP contribution in [0.1, 0.15) is 33.2 Å². The lowest BCUT2D eigenvalue weighted by Crippen LogP contribution is -2.01. The molecule has 8 heteroatoms. The van der Waals surface area contributed by atoms with Gasteiger partial charge in [-0.3, -0.25) is 9.97 Å². The number of carboxylic acid groups (broad SMARTS) is 1. The van der Waals surface area contributed by atoms with E-state index in [2.05, 4.69) is 20.8 Å². The average Bonchev–Trinajstić information content (AvgIpc) is 3.37. The van der Waals surface area contributed by atoms with Gasteiger partial charge in [-0.15, -0.1) is 0 Å². The number of aryl methyl sites for hydroxylation is 3. The van der Waals surface area contributed by atoms with E-state index in [1.165, 1.54) is 7.11 Å². The van der Waals surface area contributed by atoms with Crippen molar-refractivity contribution < 1.29 is 19.2 Å². The van der Waals surface area contributed by atoms with Crippen LogP contribution in [0, 0.1) is 20.8 Å². The minimum Gasteiger partial charge on any atom is -0.496 e. The summed E-state index contributed by atoms with van der Waals surface area (Å²) in [6.07, 6.45) is 3.84. The molecule has 0 fully saturated rings. The molecule has 0 saturated carbocycles. The number of benzene rings is 1. The number of carboxylic acids is 1.